The van der Waals surface area contributed by atoms with Crippen LogP contribution in [-0.4, -0.2) is 35.6 Å². The van der Waals surface area contributed by atoms with E-state index < -0.39 is 5.97 Å². The van der Waals surface area contributed by atoms with Crippen LogP contribution in [0.3, 0.4) is 0 Å². The van der Waals surface area contributed by atoms with Gasteiger partial charge in [0.05, 0.1) is 0 Å². The van der Waals surface area contributed by atoms with E-state index in [1.54, 1.807) is 0 Å². The Morgan fingerprint density at radius 3 is 2.06 bits per heavy atom. The number of likely N-dealkylation sites (N-methyl/N-ethyl adjacent to an activating group) is 1. The summed E-state index contributed by atoms with van der Waals surface area (Å²) in [6, 6.07) is -0.349. The van der Waals surface area contributed by atoms with Gasteiger partial charge in [-0.2, -0.15) is 0 Å². The molecule has 3 heteroatoms. The van der Waals surface area contributed by atoms with E-state index in [9.17, 15) is 4.79 Å². The molecule has 4 rings (SSSR count). The molecule has 0 aromatic heterocycles. The highest BCUT2D eigenvalue weighted by molar-refractivity contribution is 5.72. The van der Waals surface area contributed by atoms with Crippen molar-refractivity contribution in [2.24, 2.45) is 23.2 Å². The minimum atomic E-state index is -0.692. The van der Waals surface area contributed by atoms with Crippen molar-refractivity contribution >= 4 is 5.97 Å². The van der Waals surface area contributed by atoms with Crippen LogP contribution in [0.1, 0.15) is 45.4 Å². The van der Waals surface area contributed by atoms with Crippen molar-refractivity contribution in [3.8, 4) is 0 Å². The quantitative estimate of drug-likeness (QED) is 0.835. The molecule has 3 nitrogen and oxygen atoms in total. The monoisotopic (exact) mass is 251 g/mol. The van der Waals surface area contributed by atoms with E-state index in [0.717, 1.165) is 24.3 Å². The van der Waals surface area contributed by atoms with Crippen LogP contribution < -0.4 is 0 Å². The van der Waals surface area contributed by atoms with E-state index in [0.29, 0.717) is 5.41 Å². The molecule has 0 unspecified atom stereocenters. The molecule has 1 N–H and O–H groups in total. The van der Waals surface area contributed by atoms with Gasteiger partial charge in [0.25, 0.3) is 0 Å². The molecule has 0 heterocycles. The number of carboxylic acid groups (broad SMARTS) is 1. The molecule has 0 radical (unpaired) electrons. The molecule has 18 heavy (non-hydrogen) atoms. The Labute approximate surface area is 110 Å². The van der Waals surface area contributed by atoms with Crippen molar-refractivity contribution in [3.05, 3.63) is 0 Å². The topological polar surface area (TPSA) is 40.5 Å². The Bertz CT molecular complexity index is 317. The van der Waals surface area contributed by atoms with Gasteiger partial charge in [0, 0.05) is 6.54 Å². The van der Waals surface area contributed by atoms with Crippen molar-refractivity contribution in [2.45, 2.75) is 51.5 Å². The molecule has 0 aromatic rings. The average molecular weight is 251 g/mol. The molecule has 4 aliphatic carbocycles. The van der Waals surface area contributed by atoms with Crippen LogP contribution in [0.25, 0.3) is 0 Å². The fraction of sp³-hybridized carbons (Fsp3) is 0.933. The molecule has 0 aromatic carbocycles. The normalized spacial score (nSPS) is 43.4. The van der Waals surface area contributed by atoms with Crippen molar-refractivity contribution in [2.75, 3.05) is 13.6 Å². The first-order valence-corrected chi connectivity index (χ1v) is 7.40. The Morgan fingerprint density at radius 2 is 1.67 bits per heavy atom. The predicted octanol–water partition coefficient (Wildman–Crippen LogP) is 2.61. The Balaban J connectivity index is 1.70. The van der Waals surface area contributed by atoms with E-state index in [2.05, 4.69) is 4.90 Å². The zero-order chi connectivity index (χ0) is 12.9. The highest BCUT2D eigenvalue weighted by atomic mass is 16.4. The number of carboxylic acids is 1. The predicted molar refractivity (Wildman–Crippen MR) is 70.3 cm³/mol. The molecule has 0 spiro atoms. The van der Waals surface area contributed by atoms with E-state index >= 15 is 0 Å². The lowest BCUT2D eigenvalue weighted by Crippen LogP contribution is -2.52. The Morgan fingerprint density at radius 1 is 1.22 bits per heavy atom. The van der Waals surface area contributed by atoms with E-state index in [4.69, 9.17) is 5.11 Å². The lowest BCUT2D eigenvalue weighted by atomic mass is 9.49. The smallest absolute Gasteiger partial charge is 0.320 e. The van der Waals surface area contributed by atoms with E-state index in [-0.39, 0.29) is 6.04 Å². The van der Waals surface area contributed by atoms with Gasteiger partial charge in [0.15, 0.2) is 0 Å². The first-order valence-electron chi connectivity index (χ1n) is 7.40. The summed E-state index contributed by atoms with van der Waals surface area (Å²) in [7, 11) is 1.98. The molecule has 4 bridgehead atoms. The molecule has 4 aliphatic rings. The van der Waals surface area contributed by atoms with Gasteiger partial charge in [-0.3, -0.25) is 9.69 Å². The number of aliphatic carboxylic acids is 1. The van der Waals surface area contributed by atoms with E-state index in [1.807, 2.05) is 14.0 Å². The van der Waals surface area contributed by atoms with Gasteiger partial charge in [-0.25, -0.2) is 0 Å². The SMILES string of the molecule is C[C@H](C(=O)O)N(C)CC12CC3CC(CC(C3)C1)C2. The minimum absolute atomic E-state index is 0.349. The summed E-state index contributed by atoms with van der Waals surface area (Å²) in [4.78, 5) is 13.1. The van der Waals surface area contributed by atoms with Crippen LogP contribution in [0.2, 0.25) is 0 Å². The largest absolute Gasteiger partial charge is 0.480 e. The maximum atomic E-state index is 11.1. The molecule has 102 valence electrons. The Hall–Kier alpha value is -0.570. The van der Waals surface area contributed by atoms with Crippen LogP contribution in [0.15, 0.2) is 0 Å². The van der Waals surface area contributed by atoms with Crippen molar-refractivity contribution in [3.63, 3.8) is 0 Å². The molecular weight excluding hydrogens is 226 g/mol. The average Bonchev–Trinajstić information content (AvgIpc) is 2.24. The Kier molecular flexibility index (Phi) is 2.92. The second-order valence-electron chi connectivity index (χ2n) is 7.35. The zero-order valence-electron chi connectivity index (χ0n) is 11.6. The minimum Gasteiger partial charge on any atom is -0.480 e. The van der Waals surface area contributed by atoms with Crippen LogP contribution in [0.5, 0.6) is 0 Å². The van der Waals surface area contributed by atoms with Crippen LogP contribution in [-0.2, 0) is 4.79 Å². The molecular formula is C15H25NO2. The maximum absolute atomic E-state index is 11.1. The third-order valence-electron chi connectivity index (χ3n) is 5.77. The van der Waals surface area contributed by atoms with Crippen LogP contribution in [0.4, 0.5) is 0 Å². The highest BCUT2D eigenvalue weighted by Gasteiger charge is 2.51. The number of carbonyl (C=O) groups is 1. The van der Waals surface area contributed by atoms with E-state index in [1.165, 1.54) is 38.5 Å². The van der Waals surface area contributed by atoms with Gasteiger partial charge >= 0.3 is 5.97 Å². The van der Waals surface area contributed by atoms with Crippen molar-refractivity contribution < 1.29 is 9.90 Å². The maximum Gasteiger partial charge on any atom is 0.320 e. The van der Waals surface area contributed by atoms with Gasteiger partial charge in [0.2, 0.25) is 0 Å². The summed E-state index contributed by atoms with van der Waals surface area (Å²) in [5.74, 6) is 2.15. The van der Waals surface area contributed by atoms with Crippen LogP contribution in [0, 0.1) is 23.2 Å². The highest BCUT2D eigenvalue weighted by Crippen LogP contribution is 2.60. The zero-order valence-corrected chi connectivity index (χ0v) is 11.6. The molecule has 1 atom stereocenters. The molecule has 0 aliphatic heterocycles. The lowest BCUT2D eigenvalue weighted by Gasteiger charge is -2.58. The van der Waals surface area contributed by atoms with Crippen molar-refractivity contribution in [1.29, 1.82) is 0 Å². The standard InChI is InChI=1S/C15H25NO2/c1-10(14(17)18)16(2)9-15-6-11-3-12(7-15)5-13(4-11)8-15/h10-13H,3-9H2,1-2H3,(H,17,18)/t10-,11?,12?,13?,15?/m1/s1. The second-order valence-corrected chi connectivity index (χ2v) is 7.35. The third kappa shape index (κ3) is 2.07. The number of rotatable bonds is 4. The summed E-state index contributed by atoms with van der Waals surface area (Å²) in [5.41, 5.74) is 0.452. The summed E-state index contributed by atoms with van der Waals surface area (Å²) in [6.07, 6.45) is 8.44. The summed E-state index contributed by atoms with van der Waals surface area (Å²) in [5, 5.41) is 9.12. The summed E-state index contributed by atoms with van der Waals surface area (Å²) < 4.78 is 0. The number of hydrogen-bond donors (Lipinski definition) is 1. The summed E-state index contributed by atoms with van der Waals surface area (Å²) in [6.45, 7) is 2.80. The molecule has 4 saturated carbocycles. The number of hydrogen-bond acceptors (Lipinski definition) is 2. The van der Waals surface area contributed by atoms with Gasteiger partial charge < -0.3 is 5.11 Å². The van der Waals surface area contributed by atoms with Gasteiger partial charge in [0.1, 0.15) is 6.04 Å². The van der Waals surface area contributed by atoms with Gasteiger partial charge in [-0.15, -0.1) is 0 Å². The van der Waals surface area contributed by atoms with Gasteiger partial charge in [-0.05, 0) is 75.7 Å². The van der Waals surface area contributed by atoms with Gasteiger partial charge in [-0.1, -0.05) is 0 Å². The van der Waals surface area contributed by atoms with Crippen LogP contribution >= 0.6 is 0 Å². The fourth-order valence-corrected chi connectivity index (χ4v) is 5.34. The lowest BCUT2D eigenvalue weighted by molar-refractivity contribution is -0.143. The third-order valence-corrected chi connectivity index (χ3v) is 5.77. The van der Waals surface area contributed by atoms with Crippen molar-refractivity contribution in [1.82, 2.24) is 4.90 Å². The molecule has 4 fully saturated rings. The fourth-order valence-electron chi connectivity index (χ4n) is 5.34. The molecule has 0 amide bonds. The molecule has 0 saturated heterocycles. The second kappa shape index (κ2) is 4.22. The first-order chi connectivity index (χ1) is 8.47. The number of nitrogens with zero attached hydrogens (tertiary/aromatic N) is 1. The first kappa shape index (κ1) is 12.5. The summed E-state index contributed by atoms with van der Waals surface area (Å²) >= 11 is 0.